The van der Waals surface area contributed by atoms with Crippen LogP contribution in [0.25, 0.3) is 5.57 Å². The van der Waals surface area contributed by atoms with Crippen molar-refractivity contribution >= 4 is 44.8 Å². The molecule has 0 saturated carbocycles. The SMILES string of the molecule is O=C1C(SC(F)(F)F)=C(c2ccc(Br)cc2)C(=O)c2ccccc21. The lowest BCUT2D eigenvalue weighted by molar-refractivity contribution is -0.0322. The number of benzene rings is 2. The standard InChI is InChI=1S/C17H8BrF3O2S/c18-10-7-5-9(6-8-10)13-14(22)11-3-1-2-4-12(11)15(23)16(13)24-17(19,20)21/h1-8H. The summed E-state index contributed by atoms with van der Waals surface area (Å²) in [6.45, 7) is 0. The summed E-state index contributed by atoms with van der Waals surface area (Å²) >= 11 is 2.69. The Morgan fingerprint density at radius 3 is 1.92 bits per heavy atom. The number of rotatable bonds is 2. The van der Waals surface area contributed by atoms with Gasteiger partial charge in [0.1, 0.15) is 0 Å². The van der Waals surface area contributed by atoms with Crippen LogP contribution in [0.2, 0.25) is 0 Å². The van der Waals surface area contributed by atoms with Gasteiger partial charge in [-0.25, -0.2) is 0 Å². The van der Waals surface area contributed by atoms with E-state index in [1.165, 1.54) is 30.3 Å². The monoisotopic (exact) mass is 412 g/mol. The van der Waals surface area contributed by atoms with Crippen LogP contribution in [0.15, 0.2) is 57.9 Å². The molecule has 0 saturated heterocycles. The number of carbonyl (C=O) groups is 2. The van der Waals surface area contributed by atoms with Crippen LogP contribution in [-0.4, -0.2) is 17.1 Å². The van der Waals surface area contributed by atoms with Gasteiger partial charge in [0.15, 0.2) is 5.78 Å². The number of Topliss-reactive ketones (excluding diaryl/α,β-unsaturated/α-hetero) is 2. The zero-order valence-electron chi connectivity index (χ0n) is 11.9. The van der Waals surface area contributed by atoms with E-state index >= 15 is 0 Å². The summed E-state index contributed by atoms with van der Waals surface area (Å²) in [4.78, 5) is 24.7. The Morgan fingerprint density at radius 2 is 1.38 bits per heavy atom. The van der Waals surface area contributed by atoms with Crippen molar-refractivity contribution < 1.29 is 22.8 Å². The number of carbonyl (C=O) groups excluding carboxylic acids is 2. The van der Waals surface area contributed by atoms with Crippen molar-refractivity contribution in [1.82, 2.24) is 0 Å². The van der Waals surface area contributed by atoms with Crippen molar-refractivity contribution in [3.63, 3.8) is 0 Å². The number of alkyl halides is 3. The average molecular weight is 413 g/mol. The molecule has 0 atom stereocenters. The van der Waals surface area contributed by atoms with Gasteiger partial charge in [-0.15, -0.1) is 0 Å². The molecule has 0 aromatic heterocycles. The Kier molecular flexibility index (Phi) is 4.40. The molecule has 2 aromatic rings. The highest BCUT2D eigenvalue weighted by molar-refractivity contribution is 9.10. The summed E-state index contributed by atoms with van der Waals surface area (Å²) < 4.78 is 39.5. The Labute approximate surface area is 147 Å². The third kappa shape index (κ3) is 3.18. The van der Waals surface area contributed by atoms with Gasteiger partial charge in [-0.05, 0) is 29.5 Å². The Morgan fingerprint density at radius 1 is 0.833 bits per heavy atom. The minimum Gasteiger partial charge on any atom is -0.289 e. The number of allylic oxidation sites excluding steroid dienone is 2. The van der Waals surface area contributed by atoms with Gasteiger partial charge in [-0.2, -0.15) is 13.2 Å². The summed E-state index contributed by atoms with van der Waals surface area (Å²) in [5.41, 5.74) is -4.49. The zero-order valence-corrected chi connectivity index (χ0v) is 14.3. The molecular formula is C17H8BrF3O2S. The van der Waals surface area contributed by atoms with E-state index < -0.39 is 33.7 Å². The predicted molar refractivity (Wildman–Crippen MR) is 89.8 cm³/mol. The molecule has 2 nitrogen and oxygen atoms in total. The van der Waals surface area contributed by atoms with Gasteiger partial charge in [-0.3, -0.25) is 9.59 Å². The molecule has 0 fully saturated rings. The van der Waals surface area contributed by atoms with E-state index in [-0.39, 0.29) is 22.3 Å². The van der Waals surface area contributed by atoms with E-state index in [2.05, 4.69) is 15.9 Å². The molecule has 0 radical (unpaired) electrons. The number of halogens is 4. The van der Waals surface area contributed by atoms with E-state index in [1.54, 1.807) is 18.2 Å². The molecule has 7 heteroatoms. The zero-order chi connectivity index (χ0) is 17.5. The Hall–Kier alpha value is -1.86. The molecule has 0 amide bonds. The normalized spacial score (nSPS) is 14.8. The van der Waals surface area contributed by atoms with Crippen molar-refractivity contribution in [2.24, 2.45) is 0 Å². The van der Waals surface area contributed by atoms with E-state index in [0.717, 1.165) is 0 Å². The highest BCUT2D eigenvalue weighted by Crippen LogP contribution is 2.44. The van der Waals surface area contributed by atoms with Crippen LogP contribution in [0.1, 0.15) is 26.3 Å². The van der Waals surface area contributed by atoms with E-state index in [0.29, 0.717) is 4.47 Å². The summed E-state index contributed by atoms with van der Waals surface area (Å²) in [6.07, 6.45) is 0. The lowest BCUT2D eigenvalue weighted by atomic mass is 9.86. The number of ketones is 2. The summed E-state index contributed by atoms with van der Waals surface area (Å²) in [7, 11) is 0. The molecule has 1 aliphatic carbocycles. The smallest absolute Gasteiger partial charge is 0.289 e. The van der Waals surface area contributed by atoms with Gasteiger partial charge in [0, 0.05) is 21.2 Å². The van der Waals surface area contributed by atoms with Crippen LogP contribution >= 0.6 is 27.7 Å². The fourth-order valence-corrected chi connectivity index (χ4v) is 3.46. The highest BCUT2D eigenvalue weighted by Gasteiger charge is 2.40. The maximum absolute atomic E-state index is 12.9. The average Bonchev–Trinajstić information content (AvgIpc) is 2.53. The van der Waals surface area contributed by atoms with Gasteiger partial charge in [-0.1, -0.05) is 52.3 Å². The maximum Gasteiger partial charge on any atom is 0.446 e. The van der Waals surface area contributed by atoms with Crippen LogP contribution in [0.3, 0.4) is 0 Å². The van der Waals surface area contributed by atoms with Gasteiger partial charge >= 0.3 is 5.51 Å². The van der Waals surface area contributed by atoms with Gasteiger partial charge in [0.05, 0.1) is 4.91 Å². The van der Waals surface area contributed by atoms with Gasteiger partial charge in [0.2, 0.25) is 5.78 Å². The lowest BCUT2D eigenvalue weighted by Crippen LogP contribution is -2.21. The van der Waals surface area contributed by atoms with Gasteiger partial charge < -0.3 is 0 Å². The van der Waals surface area contributed by atoms with Crippen molar-refractivity contribution in [2.45, 2.75) is 5.51 Å². The molecule has 0 aliphatic heterocycles. The maximum atomic E-state index is 12.9. The molecule has 24 heavy (non-hydrogen) atoms. The van der Waals surface area contributed by atoms with E-state index in [1.807, 2.05) is 0 Å². The summed E-state index contributed by atoms with van der Waals surface area (Å²) in [5.74, 6) is -1.37. The minimum absolute atomic E-state index is 0.00453. The van der Waals surface area contributed by atoms with Crippen molar-refractivity contribution in [3.05, 3.63) is 74.6 Å². The van der Waals surface area contributed by atoms with Crippen LogP contribution < -0.4 is 0 Å². The summed E-state index contributed by atoms with van der Waals surface area (Å²) in [6, 6.07) is 12.1. The van der Waals surface area contributed by atoms with Crippen molar-refractivity contribution in [2.75, 3.05) is 0 Å². The van der Waals surface area contributed by atoms with Crippen LogP contribution in [0.4, 0.5) is 13.2 Å². The van der Waals surface area contributed by atoms with Crippen LogP contribution in [-0.2, 0) is 0 Å². The molecule has 0 unspecified atom stereocenters. The number of hydrogen-bond acceptors (Lipinski definition) is 3. The molecule has 0 spiro atoms. The molecule has 2 aromatic carbocycles. The predicted octanol–water partition coefficient (Wildman–Crippen LogP) is 5.49. The molecular weight excluding hydrogens is 405 g/mol. The largest absolute Gasteiger partial charge is 0.446 e. The first-order valence-corrected chi connectivity index (χ1v) is 8.33. The van der Waals surface area contributed by atoms with Crippen LogP contribution in [0, 0.1) is 0 Å². The molecule has 0 N–H and O–H groups in total. The Bertz CT molecular complexity index is 870. The van der Waals surface area contributed by atoms with Gasteiger partial charge in [0.25, 0.3) is 0 Å². The topological polar surface area (TPSA) is 34.1 Å². The second kappa shape index (κ2) is 6.22. The fourth-order valence-electron chi connectivity index (χ4n) is 2.44. The molecule has 0 bridgehead atoms. The molecule has 0 heterocycles. The first kappa shape index (κ1) is 17.0. The third-order valence-corrected chi connectivity index (χ3v) is 4.78. The summed E-state index contributed by atoms with van der Waals surface area (Å²) in [5, 5.41) is 0. The lowest BCUT2D eigenvalue weighted by Gasteiger charge is -2.21. The highest BCUT2D eigenvalue weighted by atomic mass is 79.9. The van der Waals surface area contributed by atoms with E-state index in [9.17, 15) is 22.8 Å². The van der Waals surface area contributed by atoms with Crippen LogP contribution in [0.5, 0.6) is 0 Å². The fraction of sp³-hybridized carbons (Fsp3) is 0.0588. The number of hydrogen-bond donors (Lipinski definition) is 0. The first-order chi connectivity index (χ1) is 11.3. The minimum atomic E-state index is -4.67. The molecule has 3 rings (SSSR count). The number of thioether (sulfide) groups is 1. The third-order valence-electron chi connectivity index (χ3n) is 3.43. The second-order valence-electron chi connectivity index (χ2n) is 4.96. The van der Waals surface area contributed by atoms with E-state index in [4.69, 9.17) is 0 Å². The van der Waals surface area contributed by atoms with Crippen molar-refractivity contribution in [3.8, 4) is 0 Å². The second-order valence-corrected chi connectivity index (χ2v) is 6.95. The van der Waals surface area contributed by atoms with Crippen molar-refractivity contribution in [1.29, 1.82) is 0 Å². The first-order valence-electron chi connectivity index (χ1n) is 6.72. The number of fused-ring (bicyclic) bond motifs is 1. The molecule has 122 valence electrons. The molecule has 1 aliphatic rings. The Balaban J connectivity index is 2.24. The quantitative estimate of drug-likeness (QED) is 0.653.